The Kier molecular flexibility index (Phi) is 5.44. The molecule has 1 amide bonds. The second-order valence-corrected chi connectivity index (χ2v) is 7.03. The normalized spacial score (nSPS) is 10.8. The Morgan fingerprint density at radius 2 is 1.93 bits per heavy atom. The first kappa shape index (κ1) is 19.0. The Morgan fingerprint density at radius 3 is 2.66 bits per heavy atom. The third-order valence-corrected chi connectivity index (χ3v) is 4.86. The van der Waals surface area contributed by atoms with Gasteiger partial charge in [0.2, 0.25) is 11.8 Å². The van der Waals surface area contributed by atoms with Gasteiger partial charge in [-0.2, -0.15) is 5.10 Å². The summed E-state index contributed by atoms with van der Waals surface area (Å²) in [5.74, 6) is 1.17. The molecule has 1 N–H and O–H groups in total. The number of hydrogen-bond donors (Lipinski definition) is 1. The maximum absolute atomic E-state index is 12.3. The molecule has 0 fully saturated rings. The van der Waals surface area contributed by atoms with Gasteiger partial charge in [-0.3, -0.25) is 9.48 Å². The summed E-state index contributed by atoms with van der Waals surface area (Å²) in [5, 5.41) is 7.66. The van der Waals surface area contributed by atoms with Crippen molar-refractivity contribution in [1.82, 2.24) is 14.8 Å². The summed E-state index contributed by atoms with van der Waals surface area (Å²) in [6, 6.07) is 16.6. The van der Waals surface area contributed by atoms with Gasteiger partial charge in [-0.05, 0) is 48.9 Å². The van der Waals surface area contributed by atoms with Crippen LogP contribution >= 0.6 is 11.6 Å². The zero-order valence-electron chi connectivity index (χ0n) is 15.8. The zero-order valence-corrected chi connectivity index (χ0v) is 16.6. The van der Waals surface area contributed by atoms with Gasteiger partial charge in [0, 0.05) is 28.7 Å². The van der Waals surface area contributed by atoms with Crippen LogP contribution in [0.5, 0.6) is 0 Å². The molecule has 0 aliphatic rings. The molecule has 0 saturated heterocycles. The third-order valence-electron chi connectivity index (χ3n) is 4.49. The van der Waals surface area contributed by atoms with Crippen molar-refractivity contribution in [1.29, 1.82) is 0 Å². The highest BCUT2D eigenvalue weighted by Crippen LogP contribution is 2.24. The summed E-state index contributed by atoms with van der Waals surface area (Å²) in [6.07, 6.45) is 3.83. The zero-order chi connectivity index (χ0) is 20.2. The van der Waals surface area contributed by atoms with Gasteiger partial charge in [0.05, 0.1) is 13.0 Å². The molecule has 2 aromatic carbocycles. The molecule has 0 aliphatic heterocycles. The minimum atomic E-state index is -0.126. The van der Waals surface area contributed by atoms with Crippen LogP contribution in [0.3, 0.4) is 0 Å². The molecule has 29 heavy (non-hydrogen) atoms. The number of nitrogens with zero attached hydrogens (tertiary/aromatic N) is 3. The number of hydrogen-bond acceptors (Lipinski definition) is 4. The fraction of sp³-hybridized carbons (Fsp3) is 0.136. The largest absolute Gasteiger partial charge is 0.441 e. The number of aryl methyl sites for hydroxylation is 1. The Hall–Kier alpha value is -3.38. The number of halogens is 1. The summed E-state index contributed by atoms with van der Waals surface area (Å²) in [5.41, 5.74) is 3.17. The first-order valence-electron chi connectivity index (χ1n) is 9.16. The van der Waals surface area contributed by atoms with E-state index in [4.69, 9.17) is 16.0 Å². The molecule has 2 aromatic heterocycles. The van der Waals surface area contributed by atoms with E-state index < -0.39 is 0 Å². The maximum atomic E-state index is 12.3. The van der Waals surface area contributed by atoms with Crippen molar-refractivity contribution in [2.24, 2.45) is 0 Å². The highest BCUT2D eigenvalue weighted by Gasteiger charge is 2.13. The molecule has 0 bridgehead atoms. The molecule has 6 nitrogen and oxygen atoms in total. The summed E-state index contributed by atoms with van der Waals surface area (Å²) in [6.45, 7) is 2.44. The first-order valence-corrected chi connectivity index (χ1v) is 9.54. The lowest BCUT2D eigenvalue weighted by atomic mass is 10.1. The maximum Gasteiger partial charge on any atom is 0.228 e. The molecular formula is C22H19ClN4O2. The topological polar surface area (TPSA) is 73.0 Å². The number of carbonyl (C=O) groups is 1. The molecule has 146 valence electrons. The fourth-order valence-corrected chi connectivity index (χ4v) is 3.16. The van der Waals surface area contributed by atoms with E-state index in [9.17, 15) is 4.79 Å². The van der Waals surface area contributed by atoms with Crippen LogP contribution in [-0.2, 0) is 17.8 Å². The lowest BCUT2D eigenvalue weighted by molar-refractivity contribution is -0.115. The molecule has 0 aliphatic carbocycles. The number of nitrogens with one attached hydrogen (secondary N) is 1. The molecule has 0 radical (unpaired) electrons. The smallest absolute Gasteiger partial charge is 0.228 e. The Bertz CT molecular complexity index is 1120. The van der Waals surface area contributed by atoms with Gasteiger partial charge in [-0.1, -0.05) is 29.8 Å². The molecule has 0 unspecified atom stereocenters. The van der Waals surface area contributed by atoms with E-state index in [1.54, 1.807) is 16.9 Å². The van der Waals surface area contributed by atoms with Gasteiger partial charge < -0.3 is 9.73 Å². The van der Waals surface area contributed by atoms with Crippen molar-refractivity contribution in [3.8, 4) is 11.5 Å². The minimum Gasteiger partial charge on any atom is -0.441 e. The Balaban J connectivity index is 1.43. The SMILES string of the molecule is Cc1oc(-c2ccc(NC(=O)Cc3ccccc3Cl)cc2)nc1Cn1cccn1. The standard InChI is InChI=1S/C22H19ClN4O2/c1-15-20(14-27-12-4-11-24-27)26-22(29-15)16-7-9-18(10-8-16)25-21(28)13-17-5-2-3-6-19(17)23/h2-12H,13-14H2,1H3,(H,25,28). The Labute approximate surface area is 173 Å². The van der Waals surface area contributed by atoms with Crippen molar-refractivity contribution >= 4 is 23.2 Å². The van der Waals surface area contributed by atoms with Gasteiger partial charge in [-0.25, -0.2) is 4.98 Å². The number of benzene rings is 2. The molecule has 7 heteroatoms. The van der Waals surface area contributed by atoms with E-state index in [1.807, 2.05) is 61.7 Å². The van der Waals surface area contributed by atoms with Crippen LogP contribution in [0.2, 0.25) is 5.02 Å². The summed E-state index contributed by atoms with van der Waals surface area (Å²) in [7, 11) is 0. The van der Waals surface area contributed by atoms with Crippen LogP contribution in [0.4, 0.5) is 5.69 Å². The predicted octanol–water partition coefficient (Wildman–Crippen LogP) is 4.73. The average Bonchev–Trinajstić information content (AvgIpc) is 3.35. The molecule has 4 aromatic rings. The van der Waals surface area contributed by atoms with E-state index in [-0.39, 0.29) is 12.3 Å². The van der Waals surface area contributed by atoms with Gasteiger partial charge in [0.15, 0.2) is 0 Å². The molecule has 0 saturated carbocycles. The third kappa shape index (κ3) is 4.55. The van der Waals surface area contributed by atoms with Crippen LogP contribution < -0.4 is 5.32 Å². The quantitative estimate of drug-likeness (QED) is 0.502. The minimum absolute atomic E-state index is 0.126. The number of amides is 1. The molecule has 0 atom stereocenters. The van der Waals surface area contributed by atoms with E-state index >= 15 is 0 Å². The van der Waals surface area contributed by atoms with Crippen molar-refractivity contribution in [2.75, 3.05) is 5.32 Å². The number of oxazole rings is 1. The van der Waals surface area contributed by atoms with Gasteiger partial charge in [-0.15, -0.1) is 0 Å². The van der Waals surface area contributed by atoms with Crippen LogP contribution in [-0.4, -0.2) is 20.7 Å². The first-order chi connectivity index (χ1) is 14.1. The van der Waals surface area contributed by atoms with Gasteiger partial charge in [0.25, 0.3) is 0 Å². The molecular weight excluding hydrogens is 388 g/mol. The number of rotatable bonds is 6. The Morgan fingerprint density at radius 1 is 1.14 bits per heavy atom. The molecule has 0 spiro atoms. The summed E-state index contributed by atoms with van der Waals surface area (Å²) < 4.78 is 7.61. The van der Waals surface area contributed by atoms with Crippen molar-refractivity contribution in [2.45, 2.75) is 19.9 Å². The number of aromatic nitrogens is 3. The van der Waals surface area contributed by atoms with Crippen molar-refractivity contribution in [3.05, 3.63) is 89.0 Å². The van der Waals surface area contributed by atoms with E-state index in [0.29, 0.717) is 23.1 Å². The van der Waals surface area contributed by atoms with Gasteiger partial charge >= 0.3 is 0 Å². The molecule has 4 rings (SSSR count). The van der Waals surface area contributed by atoms with Crippen LogP contribution in [0.1, 0.15) is 17.0 Å². The molecule has 2 heterocycles. The van der Waals surface area contributed by atoms with E-state index in [1.165, 1.54) is 0 Å². The highest BCUT2D eigenvalue weighted by atomic mass is 35.5. The monoisotopic (exact) mass is 406 g/mol. The van der Waals surface area contributed by atoms with Crippen molar-refractivity contribution in [3.63, 3.8) is 0 Å². The fourth-order valence-electron chi connectivity index (χ4n) is 2.96. The second-order valence-electron chi connectivity index (χ2n) is 6.62. The second kappa shape index (κ2) is 8.32. The lowest BCUT2D eigenvalue weighted by Gasteiger charge is -2.07. The predicted molar refractivity (Wildman–Crippen MR) is 112 cm³/mol. The average molecular weight is 407 g/mol. The van der Waals surface area contributed by atoms with E-state index in [0.717, 1.165) is 22.6 Å². The number of carbonyl (C=O) groups excluding carboxylic acids is 1. The summed E-state index contributed by atoms with van der Waals surface area (Å²) >= 11 is 6.12. The van der Waals surface area contributed by atoms with Gasteiger partial charge in [0.1, 0.15) is 11.5 Å². The van der Waals surface area contributed by atoms with E-state index in [2.05, 4.69) is 15.4 Å². The number of anilines is 1. The van der Waals surface area contributed by atoms with Crippen LogP contribution in [0.15, 0.2) is 71.4 Å². The highest BCUT2D eigenvalue weighted by molar-refractivity contribution is 6.31. The summed E-state index contributed by atoms with van der Waals surface area (Å²) in [4.78, 5) is 16.9. The van der Waals surface area contributed by atoms with Crippen molar-refractivity contribution < 1.29 is 9.21 Å². The lowest BCUT2D eigenvalue weighted by Crippen LogP contribution is -2.14. The van der Waals surface area contributed by atoms with Crippen LogP contribution in [0.25, 0.3) is 11.5 Å². The van der Waals surface area contributed by atoms with Crippen LogP contribution in [0, 0.1) is 6.92 Å².